The average molecular weight is 250 g/mol. The van der Waals surface area contributed by atoms with Crippen molar-refractivity contribution in [2.75, 3.05) is 0 Å². The minimum atomic E-state index is 0. The van der Waals surface area contributed by atoms with Crippen LogP contribution in [0.5, 0.6) is 0 Å². The summed E-state index contributed by atoms with van der Waals surface area (Å²) in [7, 11) is 1.95. The number of nitrogens with one attached hydrogen (secondary N) is 1. The monoisotopic (exact) mass is 250 g/mol. The molecule has 0 aromatic carbocycles. The summed E-state index contributed by atoms with van der Waals surface area (Å²) in [5.41, 5.74) is 3.24. The number of aromatic amines is 1. The van der Waals surface area contributed by atoms with Crippen LogP contribution in [0.4, 0.5) is 0 Å². The van der Waals surface area contributed by atoms with E-state index in [4.69, 9.17) is 0 Å². The lowest BCUT2D eigenvalue weighted by Crippen LogP contribution is -2.12. The van der Waals surface area contributed by atoms with E-state index in [9.17, 15) is 0 Å². The van der Waals surface area contributed by atoms with Crippen molar-refractivity contribution in [3.8, 4) is 11.5 Å². The SMILES string of the molecule is CC.Cc1cnc(-c2cc(C(C)(C)C)nn2C)[nH]1.[HH]. The number of imidazole rings is 1. The average Bonchev–Trinajstić information content (AvgIpc) is 2.86. The highest BCUT2D eigenvalue weighted by Crippen LogP contribution is 2.25. The summed E-state index contributed by atoms with van der Waals surface area (Å²) in [5, 5.41) is 4.52. The van der Waals surface area contributed by atoms with Crippen LogP contribution in [0.3, 0.4) is 0 Å². The summed E-state index contributed by atoms with van der Waals surface area (Å²) in [6.45, 7) is 12.5. The van der Waals surface area contributed by atoms with Gasteiger partial charge in [0.1, 0.15) is 5.69 Å². The number of aromatic nitrogens is 4. The summed E-state index contributed by atoms with van der Waals surface area (Å²) in [5.74, 6) is 0.878. The second-order valence-corrected chi connectivity index (χ2v) is 5.20. The van der Waals surface area contributed by atoms with Crippen LogP contribution in [0.2, 0.25) is 0 Å². The number of aryl methyl sites for hydroxylation is 2. The lowest BCUT2D eigenvalue weighted by atomic mass is 9.92. The van der Waals surface area contributed by atoms with E-state index in [1.807, 2.05) is 38.7 Å². The second-order valence-electron chi connectivity index (χ2n) is 5.20. The van der Waals surface area contributed by atoms with Gasteiger partial charge in [-0.05, 0) is 13.0 Å². The highest BCUT2D eigenvalue weighted by Gasteiger charge is 2.20. The molecule has 0 aliphatic rings. The van der Waals surface area contributed by atoms with E-state index in [0.29, 0.717) is 0 Å². The molecule has 0 fully saturated rings. The van der Waals surface area contributed by atoms with Crippen LogP contribution >= 0.6 is 0 Å². The third-order valence-electron chi connectivity index (χ3n) is 2.59. The van der Waals surface area contributed by atoms with Crippen LogP contribution < -0.4 is 0 Å². The van der Waals surface area contributed by atoms with Crippen molar-refractivity contribution in [2.24, 2.45) is 7.05 Å². The quantitative estimate of drug-likeness (QED) is 0.839. The van der Waals surface area contributed by atoms with Gasteiger partial charge in [0, 0.05) is 25.8 Å². The molecule has 0 radical (unpaired) electrons. The zero-order chi connectivity index (χ0) is 13.9. The summed E-state index contributed by atoms with van der Waals surface area (Å²) in [6.07, 6.45) is 1.83. The Morgan fingerprint density at radius 1 is 1.28 bits per heavy atom. The Morgan fingerprint density at radius 3 is 2.28 bits per heavy atom. The predicted octanol–water partition coefficient (Wildman–Crippen LogP) is 3.69. The normalized spacial score (nSPS) is 11.1. The summed E-state index contributed by atoms with van der Waals surface area (Å²) in [4.78, 5) is 7.55. The van der Waals surface area contributed by atoms with E-state index in [1.165, 1.54) is 0 Å². The second kappa shape index (κ2) is 5.38. The zero-order valence-corrected chi connectivity index (χ0v) is 12.5. The molecule has 4 nitrogen and oxygen atoms in total. The Bertz CT molecular complexity index is 506. The first-order valence-corrected chi connectivity index (χ1v) is 6.44. The molecular formula is C14H26N4. The minimum absolute atomic E-state index is 0. The lowest BCUT2D eigenvalue weighted by Gasteiger charge is -2.13. The Hall–Kier alpha value is -1.58. The molecule has 4 heteroatoms. The molecule has 2 rings (SSSR count). The molecule has 2 aromatic rings. The Labute approximate surface area is 111 Å². The van der Waals surface area contributed by atoms with E-state index >= 15 is 0 Å². The molecule has 1 N–H and O–H groups in total. The van der Waals surface area contributed by atoms with Gasteiger partial charge in [0.2, 0.25) is 0 Å². The molecule has 0 amide bonds. The van der Waals surface area contributed by atoms with Crippen molar-refractivity contribution >= 4 is 0 Å². The molecule has 18 heavy (non-hydrogen) atoms. The summed E-state index contributed by atoms with van der Waals surface area (Å²) in [6, 6.07) is 2.10. The molecule has 2 heterocycles. The molecule has 0 bridgehead atoms. The molecule has 102 valence electrons. The highest BCUT2D eigenvalue weighted by atomic mass is 15.3. The smallest absolute Gasteiger partial charge is 0.155 e. The van der Waals surface area contributed by atoms with Crippen molar-refractivity contribution in [3.63, 3.8) is 0 Å². The number of rotatable bonds is 1. The molecule has 0 unspecified atom stereocenters. The van der Waals surface area contributed by atoms with Crippen LogP contribution in [0, 0.1) is 6.92 Å². The molecule has 0 aliphatic carbocycles. The largest absolute Gasteiger partial charge is 0.341 e. The first kappa shape index (κ1) is 14.5. The van der Waals surface area contributed by atoms with Gasteiger partial charge in [-0.2, -0.15) is 5.10 Å². The Balaban J connectivity index is 0.00000103. The van der Waals surface area contributed by atoms with Crippen LogP contribution in [-0.2, 0) is 12.5 Å². The van der Waals surface area contributed by atoms with Gasteiger partial charge in [0.25, 0.3) is 0 Å². The topological polar surface area (TPSA) is 46.5 Å². The van der Waals surface area contributed by atoms with E-state index < -0.39 is 0 Å². The third-order valence-corrected chi connectivity index (χ3v) is 2.59. The maximum Gasteiger partial charge on any atom is 0.155 e. The molecule has 0 saturated carbocycles. The third kappa shape index (κ3) is 3.00. The van der Waals surface area contributed by atoms with Crippen molar-refractivity contribution < 1.29 is 1.43 Å². The fraction of sp³-hybridized carbons (Fsp3) is 0.571. The van der Waals surface area contributed by atoms with Crippen molar-refractivity contribution in [1.29, 1.82) is 0 Å². The van der Waals surface area contributed by atoms with Crippen LogP contribution in [0.25, 0.3) is 11.5 Å². The lowest BCUT2D eigenvalue weighted by molar-refractivity contribution is 0.553. The molecule has 2 aromatic heterocycles. The maximum atomic E-state index is 4.52. The standard InChI is InChI=1S/C12H18N4.C2H6.H2/c1-8-7-13-11(14-8)9-6-10(12(2,3)4)15-16(9)5;1-2;/h6-7H,1-5H3,(H,13,14);1-2H3;1H. The number of hydrogen-bond acceptors (Lipinski definition) is 2. The zero-order valence-electron chi connectivity index (χ0n) is 12.5. The Kier molecular flexibility index (Phi) is 4.33. The van der Waals surface area contributed by atoms with Crippen molar-refractivity contribution in [2.45, 2.75) is 47.0 Å². The number of hydrogen-bond donors (Lipinski definition) is 1. The maximum absolute atomic E-state index is 4.52. The number of nitrogens with zero attached hydrogens (tertiary/aromatic N) is 3. The van der Waals surface area contributed by atoms with E-state index in [0.717, 1.165) is 22.9 Å². The summed E-state index contributed by atoms with van der Waals surface area (Å²) >= 11 is 0. The first-order chi connectivity index (χ1) is 8.38. The molecule has 0 atom stereocenters. The van der Waals surface area contributed by atoms with Gasteiger partial charge in [0.15, 0.2) is 5.82 Å². The van der Waals surface area contributed by atoms with Gasteiger partial charge in [-0.3, -0.25) is 4.68 Å². The van der Waals surface area contributed by atoms with Crippen molar-refractivity contribution in [3.05, 3.63) is 23.7 Å². The number of H-pyrrole nitrogens is 1. The van der Waals surface area contributed by atoms with E-state index in [1.54, 1.807) is 0 Å². The van der Waals surface area contributed by atoms with Gasteiger partial charge < -0.3 is 4.98 Å². The van der Waals surface area contributed by atoms with Gasteiger partial charge in [-0.25, -0.2) is 4.98 Å². The summed E-state index contributed by atoms with van der Waals surface area (Å²) < 4.78 is 1.87. The van der Waals surface area contributed by atoms with Crippen LogP contribution in [-0.4, -0.2) is 19.7 Å². The Morgan fingerprint density at radius 2 is 1.89 bits per heavy atom. The van der Waals surface area contributed by atoms with Gasteiger partial charge in [-0.1, -0.05) is 34.6 Å². The van der Waals surface area contributed by atoms with E-state index in [2.05, 4.69) is 41.9 Å². The molecular weight excluding hydrogens is 224 g/mol. The first-order valence-electron chi connectivity index (χ1n) is 6.44. The fourth-order valence-electron chi connectivity index (χ4n) is 1.60. The fourth-order valence-corrected chi connectivity index (χ4v) is 1.60. The van der Waals surface area contributed by atoms with Crippen LogP contribution in [0.1, 0.15) is 47.4 Å². The van der Waals surface area contributed by atoms with Gasteiger partial charge in [0.05, 0.1) is 5.69 Å². The minimum Gasteiger partial charge on any atom is -0.341 e. The highest BCUT2D eigenvalue weighted by molar-refractivity contribution is 5.51. The van der Waals surface area contributed by atoms with Crippen molar-refractivity contribution in [1.82, 2.24) is 19.7 Å². The van der Waals surface area contributed by atoms with Gasteiger partial charge >= 0.3 is 0 Å². The molecule has 0 saturated heterocycles. The molecule has 0 aliphatic heterocycles. The molecule has 0 spiro atoms. The predicted molar refractivity (Wildman–Crippen MR) is 77.7 cm³/mol. The van der Waals surface area contributed by atoms with Gasteiger partial charge in [-0.15, -0.1) is 0 Å². The van der Waals surface area contributed by atoms with Crippen LogP contribution in [0.15, 0.2) is 12.3 Å². The van der Waals surface area contributed by atoms with E-state index in [-0.39, 0.29) is 6.84 Å².